The molecular weight excluding hydrogens is 358 g/mol. The Bertz CT molecular complexity index is 979. The summed E-state index contributed by atoms with van der Waals surface area (Å²) in [6.45, 7) is 2.04. The van der Waals surface area contributed by atoms with Crippen molar-refractivity contribution in [2.45, 2.75) is 13.3 Å². The van der Waals surface area contributed by atoms with Crippen molar-refractivity contribution < 1.29 is 9.59 Å². The Morgan fingerprint density at radius 3 is 2.63 bits per heavy atom. The SMILES string of the molecule is Cc1cccc(-c2nc(CC(=O)Nc3cccc(C(=O)N(C)C)c3)cs2)c1. The Morgan fingerprint density at radius 1 is 1.11 bits per heavy atom. The molecule has 0 aliphatic carbocycles. The van der Waals surface area contributed by atoms with Crippen molar-refractivity contribution in [3.05, 3.63) is 70.7 Å². The van der Waals surface area contributed by atoms with Crippen molar-refractivity contribution in [1.82, 2.24) is 9.88 Å². The van der Waals surface area contributed by atoms with Gasteiger partial charge in [-0.15, -0.1) is 11.3 Å². The first-order valence-electron chi connectivity index (χ1n) is 8.55. The molecule has 1 N–H and O–H groups in total. The molecule has 0 aliphatic rings. The number of aryl methyl sites for hydroxylation is 1. The lowest BCUT2D eigenvalue weighted by Crippen LogP contribution is -2.22. The zero-order chi connectivity index (χ0) is 19.4. The molecule has 0 bridgehead atoms. The molecule has 27 heavy (non-hydrogen) atoms. The van der Waals surface area contributed by atoms with Gasteiger partial charge in [0.15, 0.2) is 0 Å². The maximum absolute atomic E-state index is 12.4. The quantitative estimate of drug-likeness (QED) is 0.729. The molecule has 0 saturated carbocycles. The highest BCUT2D eigenvalue weighted by molar-refractivity contribution is 7.13. The first-order valence-corrected chi connectivity index (χ1v) is 9.43. The molecule has 0 fully saturated rings. The van der Waals surface area contributed by atoms with Gasteiger partial charge in [-0.3, -0.25) is 9.59 Å². The van der Waals surface area contributed by atoms with Crippen LogP contribution in [0.25, 0.3) is 10.6 Å². The topological polar surface area (TPSA) is 62.3 Å². The van der Waals surface area contributed by atoms with E-state index in [-0.39, 0.29) is 18.2 Å². The Hall–Kier alpha value is -2.99. The molecule has 3 rings (SSSR count). The number of thiazole rings is 1. The first kappa shape index (κ1) is 18.8. The van der Waals surface area contributed by atoms with Crippen LogP contribution in [-0.4, -0.2) is 35.8 Å². The van der Waals surface area contributed by atoms with Crippen LogP contribution in [0.4, 0.5) is 5.69 Å². The largest absolute Gasteiger partial charge is 0.345 e. The van der Waals surface area contributed by atoms with E-state index in [1.165, 1.54) is 21.8 Å². The summed E-state index contributed by atoms with van der Waals surface area (Å²) in [6, 6.07) is 15.1. The molecule has 0 atom stereocenters. The third kappa shape index (κ3) is 4.80. The van der Waals surface area contributed by atoms with E-state index in [2.05, 4.69) is 16.4 Å². The third-order valence-corrected chi connectivity index (χ3v) is 4.90. The number of carbonyl (C=O) groups excluding carboxylic acids is 2. The van der Waals surface area contributed by atoms with Crippen molar-refractivity contribution in [1.29, 1.82) is 0 Å². The highest BCUT2D eigenvalue weighted by atomic mass is 32.1. The Labute approximate surface area is 162 Å². The number of hydrogen-bond acceptors (Lipinski definition) is 4. The monoisotopic (exact) mass is 379 g/mol. The molecule has 6 heteroatoms. The standard InChI is InChI=1S/C21H21N3O2S/c1-14-6-4-7-15(10-14)20-23-18(13-27-20)12-19(25)22-17-9-5-8-16(11-17)21(26)24(2)3/h4-11,13H,12H2,1-3H3,(H,22,25). The molecule has 0 aliphatic heterocycles. The van der Waals surface area contributed by atoms with Gasteiger partial charge in [0.1, 0.15) is 5.01 Å². The number of nitrogens with zero attached hydrogens (tertiary/aromatic N) is 2. The predicted octanol–water partition coefficient (Wildman–Crippen LogP) is 4.00. The number of anilines is 1. The lowest BCUT2D eigenvalue weighted by molar-refractivity contribution is -0.115. The van der Waals surface area contributed by atoms with Crippen LogP contribution in [0.3, 0.4) is 0 Å². The van der Waals surface area contributed by atoms with E-state index in [0.29, 0.717) is 11.3 Å². The van der Waals surface area contributed by atoms with Gasteiger partial charge in [0, 0.05) is 36.3 Å². The van der Waals surface area contributed by atoms with Gasteiger partial charge in [-0.25, -0.2) is 4.98 Å². The van der Waals surface area contributed by atoms with Crippen molar-refractivity contribution in [3.63, 3.8) is 0 Å². The summed E-state index contributed by atoms with van der Waals surface area (Å²) in [5.74, 6) is -0.265. The molecule has 138 valence electrons. The minimum Gasteiger partial charge on any atom is -0.345 e. The predicted molar refractivity (Wildman–Crippen MR) is 109 cm³/mol. The van der Waals surface area contributed by atoms with Crippen molar-refractivity contribution in [3.8, 4) is 10.6 Å². The number of rotatable bonds is 5. The average Bonchev–Trinajstić information content (AvgIpc) is 3.09. The molecule has 1 heterocycles. The fourth-order valence-electron chi connectivity index (χ4n) is 2.66. The van der Waals surface area contributed by atoms with E-state index in [0.717, 1.165) is 16.3 Å². The normalized spacial score (nSPS) is 10.5. The van der Waals surface area contributed by atoms with E-state index in [9.17, 15) is 9.59 Å². The maximum atomic E-state index is 12.4. The van der Waals surface area contributed by atoms with Gasteiger partial charge in [-0.05, 0) is 31.2 Å². The zero-order valence-corrected chi connectivity index (χ0v) is 16.3. The van der Waals surface area contributed by atoms with E-state index in [1.807, 2.05) is 30.5 Å². The molecule has 2 amide bonds. The number of aromatic nitrogens is 1. The molecule has 0 unspecified atom stereocenters. The molecule has 5 nitrogen and oxygen atoms in total. The van der Waals surface area contributed by atoms with E-state index < -0.39 is 0 Å². The molecule has 0 radical (unpaired) electrons. The smallest absolute Gasteiger partial charge is 0.253 e. The first-order chi connectivity index (χ1) is 12.9. The second kappa shape index (κ2) is 8.14. The van der Waals surface area contributed by atoms with E-state index >= 15 is 0 Å². The van der Waals surface area contributed by atoms with Crippen LogP contribution in [0.5, 0.6) is 0 Å². The minimum absolute atomic E-state index is 0.103. The highest BCUT2D eigenvalue weighted by Crippen LogP contribution is 2.24. The Morgan fingerprint density at radius 2 is 1.89 bits per heavy atom. The summed E-state index contributed by atoms with van der Waals surface area (Å²) in [6.07, 6.45) is 0.189. The van der Waals surface area contributed by atoms with Crippen LogP contribution < -0.4 is 5.32 Å². The van der Waals surface area contributed by atoms with Crippen LogP contribution >= 0.6 is 11.3 Å². The van der Waals surface area contributed by atoms with Crippen LogP contribution in [-0.2, 0) is 11.2 Å². The van der Waals surface area contributed by atoms with Crippen molar-refractivity contribution >= 4 is 28.8 Å². The van der Waals surface area contributed by atoms with Crippen molar-refractivity contribution in [2.24, 2.45) is 0 Å². The summed E-state index contributed by atoms with van der Waals surface area (Å²) in [5.41, 5.74) is 4.10. The Kier molecular flexibility index (Phi) is 5.66. The minimum atomic E-state index is -0.162. The Balaban J connectivity index is 1.67. The third-order valence-electron chi connectivity index (χ3n) is 3.96. The number of amides is 2. The zero-order valence-electron chi connectivity index (χ0n) is 15.5. The lowest BCUT2D eigenvalue weighted by atomic mass is 10.1. The fraction of sp³-hybridized carbons (Fsp3) is 0.190. The second-order valence-corrected chi connectivity index (χ2v) is 7.38. The van der Waals surface area contributed by atoms with Gasteiger partial charge in [-0.2, -0.15) is 0 Å². The summed E-state index contributed by atoms with van der Waals surface area (Å²) < 4.78 is 0. The number of hydrogen-bond donors (Lipinski definition) is 1. The lowest BCUT2D eigenvalue weighted by Gasteiger charge is -2.11. The summed E-state index contributed by atoms with van der Waals surface area (Å²) in [4.78, 5) is 30.5. The highest BCUT2D eigenvalue weighted by Gasteiger charge is 2.12. The second-order valence-electron chi connectivity index (χ2n) is 6.52. The van der Waals surface area contributed by atoms with Gasteiger partial charge in [-0.1, -0.05) is 29.8 Å². The van der Waals surface area contributed by atoms with Crippen LogP contribution in [0, 0.1) is 6.92 Å². The average molecular weight is 379 g/mol. The number of carbonyl (C=O) groups is 2. The fourth-order valence-corrected chi connectivity index (χ4v) is 3.47. The molecule has 3 aromatic rings. The van der Waals surface area contributed by atoms with Gasteiger partial charge in [0.05, 0.1) is 12.1 Å². The van der Waals surface area contributed by atoms with Crippen LogP contribution in [0.2, 0.25) is 0 Å². The van der Waals surface area contributed by atoms with Crippen molar-refractivity contribution in [2.75, 3.05) is 19.4 Å². The van der Waals surface area contributed by atoms with Crippen LogP contribution in [0.15, 0.2) is 53.9 Å². The number of benzene rings is 2. The summed E-state index contributed by atoms with van der Waals surface area (Å²) >= 11 is 1.53. The van der Waals surface area contributed by atoms with Gasteiger partial charge in [0.2, 0.25) is 5.91 Å². The summed E-state index contributed by atoms with van der Waals surface area (Å²) in [7, 11) is 3.39. The van der Waals surface area contributed by atoms with E-state index in [4.69, 9.17) is 0 Å². The molecule has 0 spiro atoms. The molecule has 0 saturated heterocycles. The summed E-state index contributed by atoms with van der Waals surface area (Å²) in [5, 5.41) is 5.65. The molecular formula is C21H21N3O2S. The van der Waals surface area contributed by atoms with Crippen LogP contribution in [0.1, 0.15) is 21.6 Å². The van der Waals surface area contributed by atoms with Gasteiger partial charge >= 0.3 is 0 Å². The molecule has 2 aromatic carbocycles. The van der Waals surface area contributed by atoms with Gasteiger partial charge in [0.25, 0.3) is 5.91 Å². The number of nitrogens with one attached hydrogen (secondary N) is 1. The van der Waals surface area contributed by atoms with Gasteiger partial charge < -0.3 is 10.2 Å². The molecule has 1 aromatic heterocycles. The maximum Gasteiger partial charge on any atom is 0.253 e. The van der Waals surface area contributed by atoms with E-state index in [1.54, 1.807) is 38.4 Å².